The van der Waals surface area contributed by atoms with Crippen LogP contribution in [-0.2, 0) is 6.54 Å². The third kappa shape index (κ3) is 3.39. The van der Waals surface area contributed by atoms with Gasteiger partial charge in [0.15, 0.2) is 11.5 Å². The Kier molecular flexibility index (Phi) is 5.04. The number of carbonyl (C=O) groups is 1. The molecule has 0 unspecified atom stereocenters. The fourth-order valence-corrected chi connectivity index (χ4v) is 2.43. The lowest BCUT2D eigenvalue weighted by atomic mass is 10.0. The summed E-state index contributed by atoms with van der Waals surface area (Å²) >= 11 is 0. The number of nitrogens with one attached hydrogen (secondary N) is 1. The standard InChI is InChI=1S/C18H21NO3/c1-12-6-5-7-13(2)17(12)18(20)19-11-14-8-9-15(21-3)16(10-14)22-4/h5-10H,11H2,1-4H3,(H,19,20). The van der Waals surface area contributed by atoms with Crippen molar-refractivity contribution in [1.29, 1.82) is 0 Å². The number of hydrogen-bond donors (Lipinski definition) is 1. The van der Waals surface area contributed by atoms with Crippen LogP contribution < -0.4 is 14.8 Å². The van der Waals surface area contributed by atoms with Gasteiger partial charge in [-0.1, -0.05) is 24.3 Å². The van der Waals surface area contributed by atoms with E-state index in [4.69, 9.17) is 9.47 Å². The Morgan fingerprint density at radius 2 is 1.64 bits per heavy atom. The molecule has 0 saturated carbocycles. The molecule has 116 valence electrons. The van der Waals surface area contributed by atoms with Crippen molar-refractivity contribution in [3.8, 4) is 11.5 Å². The average molecular weight is 299 g/mol. The number of methoxy groups -OCH3 is 2. The maximum atomic E-state index is 12.4. The van der Waals surface area contributed by atoms with Gasteiger partial charge < -0.3 is 14.8 Å². The lowest BCUT2D eigenvalue weighted by Gasteiger charge is -2.12. The summed E-state index contributed by atoms with van der Waals surface area (Å²) in [6, 6.07) is 11.4. The predicted octanol–water partition coefficient (Wildman–Crippen LogP) is 3.25. The van der Waals surface area contributed by atoms with E-state index in [0.717, 1.165) is 22.3 Å². The summed E-state index contributed by atoms with van der Waals surface area (Å²) in [5, 5.41) is 2.95. The number of amides is 1. The highest BCUT2D eigenvalue weighted by molar-refractivity contribution is 5.97. The molecule has 22 heavy (non-hydrogen) atoms. The van der Waals surface area contributed by atoms with Crippen molar-refractivity contribution in [3.05, 3.63) is 58.7 Å². The van der Waals surface area contributed by atoms with Gasteiger partial charge in [0.1, 0.15) is 0 Å². The Balaban J connectivity index is 2.11. The molecule has 0 aromatic heterocycles. The van der Waals surface area contributed by atoms with E-state index >= 15 is 0 Å². The third-order valence-electron chi connectivity index (χ3n) is 3.61. The minimum Gasteiger partial charge on any atom is -0.493 e. The summed E-state index contributed by atoms with van der Waals surface area (Å²) in [7, 11) is 3.19. The minimum absolute atomic E-state index is 0.0645. The molecular weight excluding hydrogens is 278 g/mol. The molecule has 0 saturated heterocycles. The fraction of sp³-hybridized carbons (Fsp3) is 0.278. The second-order valence-corrected chi connectivity index (χ2v) is 5.14. The van der Waals surface area contributed by atoms with Gasteiger partial charge in [-0.2, -0.15) is 0 Å². The van der Waals surface area contributed by atoms with Gasteiger partial charge in [0.05, 0.1) is 14.2 Å². The number of benzene rings is 2. The second kappa shape index (κ2) is 6.98. The molecule has 0 aliphatic rings. The van der Waals surface area contributed by atoms with E-state index in [2.05, 4.69) is 5.32 Å². The van der Waals surface area contributed by atoms with Gasteiger partial charge in [0.25, 0.3) is 5.91 Å². The summed E-state index contributed by atoms with van der Waals surface area (Å²) in [5.41, 5.74) is 3.65. The minimum atomic E-state index is -0.0645. The molecule has 1 amide bonds. The van der Waals surface area contributed by atoms with Crippen molar-refractivity contribution in [2.75, 3.05) is 14.2 Å². The first kappa shape index (κ1) is 15.9. The van der Waals surface area contributed by atoms with Gasteiger partial charge in [-0.3, -0.25) is 4.79 Å². The van der Waals surface area contributed by atoms with Crippen molar-refractivity contribution < 1.29 is 14.3 Å². The molecule has 4 heteroatoms. The Morgan fingerprint density at radius 1 is 1.00 bits per heavy atom. The van der Waals surface area contributed by atoms with E-state index in [1.165, 1.54) is 0 Å². The highest BCUT2D eigenvalue weighted by Gasteiger charge is 2.12. The van der Waals surface area contributed by atoms with Gasteiger partial charge >= 0.3 is 0 Å². The predicted molar refractivity (Wildman–Crippen MR) is 86.6 cm³/mol. The quantitative estimate of drug-likeness (QED) is 0.922. The lowest BCUT2D eigenvalue weighted by Crippen LogP contribution is -2.24. The molecule has 2 aromatic carbocycles. The van der Waals surface area contributed by atoms with Crippen molar-refractivity contribution >= 4 is 5.91 Å². The van der Waals surface area contributed by atoms with E-state index in [9.17, 15) is 4.79 Å². The van der Waals surface area contributed by atoms with Crippen LogP contribution in [0.3, 0.4) is 0 Å². The molecule has 0 heterocycles. The van der Waals surface area contributed by atoms with Crippen molar-refractivity contribution in [2.24, 2.45) is 0 Å². The molecule has 0 fully saturated rings. The zero-order valence-corrected chi connectivity index (χ0v) is 13.4. The number of rotatable bonds is 5. The molecule has 0 radical (unpaired) electrons. The van der Waals surface area contributed by atoms with E-state index in [1.54, 1.807) is 14.2 Å². The molecule has 0 bridgehead atoms. The first-order valence-electron chi connectivity index (χ1n) is 7.12. The topological polar surface area (TPSA) is 47.6 Å². The average Bonchev–Trinajstić information content (AvgIpc) is 2.52. The largest absolute Gasteiger partial charge is 0.493 e. The Hall–Kier alpha value is -2.49. The summed E-state index contributed by atoms with van der Waals surface area (Å²) in [4.78, 5) is 12.4. The van der Waals surface area contributed by atoms with Crippen molar-refractivity contribution in [2.45, 2.75) is 20.4 Å². The maximum absolute atomic E-state index is 12.4. The van der Waals surface area contributed by atoms with E-state index in [1.807, 2.05) is 50.2 Å². The maximum Gasteiger partial charge on any atom is 0.252 e. The molecule has 2 aromatic rings. The molecule has 0 aliphatic carbocycles. The first-order valence-corrected chi connectivity index (χ1v) is 7.12. The lowest BCUT2D eigenvalue weighted by molar-refractivity contribution is 0.0949. The van der Waals surface area contributed by atoms with Crippen molar-refractivity contribution in [1.82, 2.24) is 5.32 Å². The van der Waals surface area contributed by atoms with Crippen LogP contribution in [0, 0.1) is 13.8 Å². The van der Waals surface area contributed by atoms with Crippen LogP contribution in [0.25, 0.3) is 0 Å². The number of carbonyl (C=O) groups excluding carboxylic acids is 1. The molecule has 0 aliphatic heterocycles. The van der Waals surface area contributed by atoms with Crippen LogP contribution in [0.15, 0.2) is 36.4 Å². The van der Waals surface area contributed by atoms with Crippen molar-refractivity contribution in [3.63, 3.8) is 0 Å². The highest BCUT2D eigenvalue weighted by Crippen LogP contribution is 2.27. The zero-order chi connectivity index (χ0) is 16.1. The molecular formula is C18H21NO3. The van der Waals surface area contributed by atoms with Crippen LogP contribution in [0.4, 0.5) is 0 Å². The Bertz CT molecular complexity index is 660. The van der Waals surface area contributed by atoms with Crippen LogP contribution in [-0.4, -0.2) is 20.1 Å². The molecule has 0 spiro atoms. The van der Waals surface area contributed by atoms with Crippen LogP contribution in [0.1, 0.15) is 27.0 Å². The molecule has 4 nitrogen and oxygen atoms in total. The smallest absolute Gasteiger partial charge is 0.252 e. The SMILES string of the molecule is COc1ccc(CNC(=O)c2c(C)cccc2C)cc1OC. The molecule has 0 atom stereocenters. The summed E-state index contributed by atoms with van der Waals surface area (Å²) in [6.45, 7) is 4.32. The molecule has 2 rings (SSSR count). The van der Waals surface area contributed by atoms with E-state index in [-0.39, 0.29) is 5.91 Å². The van der Waals surface area contributed by atoms with Crippen LogP contribution in [0.5, 0.6) is 11.5 Å². The van der Waals surface area contributed by atoms with Gasteiger partial charge in [-0.05, 0) is 42.7 Å². The number of ether oxygens (including phenoxy) is 2. The third-order valence-corrected chi connectivity index (χ3v) is 3.61. The van der Waals surface area contributed by atoms with Gasteiger partial charge in [0.2, 0.25) is 0 Å². The second-order valence-electron chi connectivity index (χ2n) is 5.14. The Morgan fingerprint density at radius 3 is 2.23 bits per heavy atom. The highest BCUT2D eigenvalue weighted by atomic mass is 16.5. The van der Waals surface area contributed by atoms with E-state index in [0.29, 0.717) is 18.0 Å². The summed E-state index contributed by atoms with van der Waals surface area (Å²) in [6.07, 6.45) is 0. The summed E-state index contributed by atoms with van der Waals surface area (Å²) in [5.74, 6) is 1.26. The number of hydrogen-bond acceptors (Lipinski definition) is 3. The summed E-state index contributed by atoms with van der Waals surface area (Å²) < 4.78 is 10.5. The van der Waals surface area contributed by atoms with Crippen LogP contribution in [0.2, 0.25) is 0 Å². The monoisotopic (exact) mass is 299 g/mol. The van der Waals surface area contributed by atoms with Gasteiger partial charge in [0, 0.05) is 12.1 Å². The Labute approximate surface area is 131 Å². The van der Waals surface area contributed by atoms with Crippen LogP contribution >= 0.6 is 0 Å². The number of aryl methyl sites for hydroxylation is 2. The molecule has 1 N–H and O–H groups in total. The first-order chi connectivity index (χ1) is 10.6. The normalized spacial score (nSPS) is 10.2. The zero-order valence-electron chi connectivity index (χ0n) is 13.4. The van der Waals surface area contributed by atoms with Gasteiger partial charge in [-0.25, -0.2) is 0 Å². The van der Waals surface area contributed by atoms with Gasteiger partial charge in [-0.15, -0.1) is 0 Å². The fourth-order valence-electron chi connectivity index (χ4n) is 2.43. The van der Waals surface area contributed by atoms with E-state index < -0.39 is 0 Å².